The first kappa shape index (κ1) is 20.3. The first-order chi connectivity index (χ1) is 13.1. The summed E-state index contributed by atoms with van der Waals surface area (Å²) in [4.78, 5) is 26.8. The minimum atomic E-state index is -3.71. The van der Waals surface area contributed by atoms with E-state index in [4.69, 9.17) is 0 Å². The van der Waals surface area contributed by atoms with Crippen molar-refractivity contribution >= 4 is 15.9 Å². The molecule has 2 aromatic rings. The fourth-order valence-electron chi connectivity index (χ4n) is 3.52. The van der Waals surface area contributed by atoms with Crippen molar-refractivity contribution in [2.45, 2.75) is 25.2 Å². The zero-order valence-electron chi connectivity index (χ0n) is 16.5. The summed E-state index contributed by atoms with van der Waals surface area (Å²) in [6.07, 6.45) is 2.09. The summed E-state index contributed by atoms with van der Waals surface area (Å²) < 4.78 is 30.6. The van der Waals surface area contributed by atoms with E-state index in [1.807, 2.05) is 0 Å². The molecule has 0 aliphatic carbocycles. The second kappa shape index (κ2) is 7.51. The normalized spacial score (nSPS) is 16.2. The SMILES string of the molecule is Cc1nn(C)c(C)c1S(=O)(=O)N1CCCN(C(=O)c2cccn(C)c2=O)CC1. The molecule has 1 fully saturated rings. The van der Waals surface area contributed by atoms with Crippen LogP contribution in [0.5, 0.6) is 0 Å². The van der Waals surface area contributed by atoms with Crippen molar-refractivity contribution in [3.8, 4) is 0 Å². The van der Waals surface area contributed by atoms with Crippen molar-refractivity contribution < 1.29 is 13.2 Å². The number of rotatable bonds is 3. The number of aryl methyl sites for hydroxylation is 3. The second-order valence-electron chi connectivity index (χ2n) is 7.01. The topological polar surface area (TPSA) is 97.5 Å². The Labute approximate surface area is 164 Å². The lowest BCUT2D eigenvalue weighted by atomic mass is 10.2. The summed E-state index contributed by atoms with van der Waals surface area (Å²) in [6.45, 7) is 4.52. The molecule has 0 unspecified atom stereocenters. The Kier molecular flexibility index (Phi) is 5.44. The molecule has 0 spiro atoms. The first-order valence-electron chi connectivity index (χ1n) is 9.10. The third kappa shape index (κ3) is 3.49. The number of hydrogen-bond donors (Lipinski definition) is 0. The molecule has 9 nitrogen and oxygen atoms in total. The minimum absolute atomic E-state index is 0.0975. The van der Waals surface area contributed by atoms with Crippen LogP contribution < -0.4 is 5.56 Å². The number of pyridine rings is 1. The quantitative estimate of drug-likeness (QED) is 0.728. The van der Waals surface area contributed by atoms with Gasteiger partial charge in [-0.25, -0.2) is 8.42 Å². The first-order valence-corrected chi connectivity index (χ1v) is 10.5. The van der Waals surface area contributed by atoms with Gasteiger partial charge in [0, 0.05) is 46.5 Å². The molecule has 3 heterocycles. The molecule has 0 N–H and O–H groups in total. The van der Waals surface area contributed by atoms with Gasteiger partial charge in [0.2, 0.25) is 10.0 Å². The average Bonchev–Trinajstić information content (AvgIpc) is 2.82. The molecule has 1 aliphatic rings. The van der Waals surface area contributed by atoms with Crippen molar-refractivity contribution in [1.29, 1.82) is 0 Å². The summed E-state index contributed by atoms with van der Waals surface area (Å²) in [5.41, 5.74) is 0.788. The largest absolute Gasteiger partial charge is 0.337 e. The van der Waals surface area contributed by atoms with Crippen LogP contribution in [0, 0.1) is 13.8 Å². The Hall–Kier alpha value is -2.46. The molecule has 28 heavy (non-hydrogen) atoms. The van der Waals surface area contributed by atoms with Crippen molar-refractivity contribution in [2.75, 3.05) is 26.2 Å². The number of nitrogens with zero attached hydrogens (tertiary/aromatic N) is 5. The van der Waals surface area contributed by atoms with E-state index in [2.05, 4.69) is 5.10 Å². The van der Waals surface area contributed by atoms with Crippen LogP contribution in [0.15, 0.2) is 28.0 Å². The Balaban J connectivity index is 1.82. The molecular formula is C18H25N5O4S. The average molecular weight is 407 g/mol. The summed E-state index contributed by atoms with van der Waals surface area (Å²) in [5.74, 6) is -0.366. The standard InChI is InChI=1S/C18H25N5O4S/c1-13-16(14(2)21(4)19-13)28(26,27)23-10-6-9-22(11-12-23)18(25)15-7-5-8-20(3)17(15)24/h5,7-8H,6,9-12H2,1-4H3. The van der Waals surface area contributed by atoms with Crippen LogP contribution in [0.2, 0.25) is 0 Å². The molecule has 1 amide bonds. The predicted octanol–water partition coefficient (Wildman–Crippen LogP) is 0.272. The van der Waals surface area contributed by atoms with Crippen LogP contribution in [-0.4, -0.2) is 64.1 Å². The molecule has 1 saturated heterocycles. The Morgan fingerprint density at radius 3 is 2.46 bits per heavy atom. The maximum atomic E-state index is 13.2. The van der Waals surface area contributed by atoms with E-state index in [0.29, 0.717) is 30.9 Å². The fourth-order valence-corrected chi connectivity index (χ4v) is 5.39. The minimum Gasteiger partial charge on any atom is -0.337 e. The third-order valence-corrected chi connectivity index (χ3v) is 7.29. The Bertz CT molecular complexity index is 1070. The van der Waals surface area contributed by atoms with Crippen LogP contribution in [-0.2, 0) is 24.1 Å². The van der Waals surface area contributed by atoms with Gasteiger partial charge < -0.3 is 9.47 Å². The smallest absolute Gasteiger partial charge is 0.263 e. The third-order valence-electron chi connectivity index (χ3n) is 5.14. The molecule has 0 atom stereocenters. The van der Waals surface area contributed by atoms with Crippen LogP contribution in [0.1, 0.15) is 28.2 Å². The molecule has 3 rings (SSSR count). The van der Waals surface area contributed by atoms with Crippen LogP contribution in [0.3, 0.4) is 0 Å². The molecular weight excluding hydrogens is 382 g/mol. The number of sulfonamides is 1. The molecule has 0 aromatic carbocycles. The van der Waals surface area contributed by atoms with Gasteiger partial charge in [0.15, 0.2) is 0 Å². The van der Waals surface area contributed by atoms with Crippen molar-refractivity contribution in [3.05, 3.63) is 45.6 Å². The monoisotopic (exact) mass is 407 g/mol. The summed E-state index contributed by atoms with van der Waals surface area (Å²) >= 11 is 0. The number of carbonyl (C=O) groups excluding carboxylic acids is 1. The second-order valence-corrected chi connectivity index (χ2v) is 8.89. The van der Waals surface area contributed by atoms with Gasteiger partial charge in [-0.2, -0.15) is 9.40 Å². The highest BCUT2D eigenvalue weighted by atomic mass is 32.2. The van der Waals surface area contributed by atoms with E-state index in [1.165, 1.54) is 14.9 Å². The van der Waals surface area contributed by atoms with Gasteiger partial charge in [-0.15, -0.1) is 0 Å². The Morgan fingerprint density at radius 1 is 1.11 bits per heavy atom. The molecule has 2 aromatic heterocycles. The van der Waals surface area contributed by atoms with Crippen LogP contribution in [0.25, 0.3) is 0 Å². The highest BCUT2D eigenvalue weighted by Crippen LogP contribution is 2.24. The number of aromatic nitrogens is 3. The van der Waals surface area contributed by atoms with Gasteiger partial charge in [-0.05, 0) is 32.4 Å². The lowest BCUT2D eigenvalue weighted by Crippen LogP contribution is -2.39. The molecule has 0 bridgehead atoms. The van der Waals surface area contributed by atoms with E-state index in [0.717, 1.165) is 0 Å². The van der Waals surface area contributed by atoms with E-state index >= 15 is 0 Å². The van der Waals surface area contributed by atoms with Gasteiger partial charge in [0.1, 0.15) is 10.5 Å². The summed E-state index contributed by atoms with van der Waals surface area (Å²) in [7, 11) is -0.404. The van der Waals surface area contributed by atoms with Gasteiger partial charge in [-0.3, -0.25) is 14.3 Å². The molecule has 152 valence electrons. The van der Waals surface area contributed by atoms with Gasteiger partial charge in [-0.1, -0.05) is 0 Å². The van der Waals surface area contributed by atoms with Crippen LogP contribution >= 0.6 is 0 Å². The van der Waals surface area contributed by atoms with Crippen molar-refractivity contribution in [3.63, 3.8) is 0 Å². The number of amides is 1. The highest BCUT2D eigenvalue weighted by Gasteiger charge is 2.33. The van der Waals surface area contributed by atoms with Gasteiger partial charge >= 0.3 is 0 Å². The van der Waals surface area contributed by atoms with E-state index < -0.39 is 10.0 Å². The zero-order chi connectivity index (χ0) is 20.6. The Morgan fingerprint density at radius 2 is 1.82 bits per heavy atom. The van der Waals surface area contributed by atoms with E-state index in [-0.39, 0.29) is 35.0 Å². The molecule has 10 heteroatoms. The molecule has 1 aliphatic heterocycles. The molecule has 0 saturated carbocycles. The zero-order valence-corrected chi connectivity index (χ0v) is 17.4. The lowest BCUT2D eigenvalue weighted by molar-refractivity contribution is 0.0762. The maximum absolute atomic E-state index is 13.2. The fraction of sp³-hybridized carbons (Fsp3) is 0.500. The lowest BCUT2D eigenvalue weighted by Gasteiger charge is -2.22. The van der Waals surface area contributed by atoms with Crippen LogP contribution in [0.4, 0.5) is 0 Å². The summed E-state index contributed by atoms with van der Waals surface area (Å²) in [6, 6.07) is 3.16. The molecule has 0 radical (unpaired) electrons. The van der Waals surface area contributed by atoms with Gasteiger partial charge in [0.25, 0.3) is 11.5 Å². The highest BCUT2D eigenvalue weighted by molar-refractivity contribution is 7.89. The van der Waals surface area contributed by atoms with E-state index in [9.17, 15) is 18.0 Å². The predicted molar refractivity (Wildman–Crippen MR) is 104 cm³/mol. The van der Waals surface area contributed by atoms with Crippen molar-refractivity contribution in [1.82, 2.24) is 23.6 Å². The maximum Gasteiger partial charge on any atom is 0.263 e. The summed E-state index contributed by atoms with van der Waals surface area (Å²) in [5, 5.41) is 4.21. The number of carbonyl (C=O) groups is 1. The number of hydrogen-bond acceptors (Lipinski definition) is 5. The van der Waals surface area contributed by atoms with E-state index in [1.54, 1.807) is 49.8 Å². The van der Waals surface area contributed by atoms with Crippen molar-refractivity contribution in [2.24, 2.45) is 14.1 Å². The van der Waals surface area contributed by atoms with Gasteiger partial charge in [0.05, 0.1) is 11.4 Å².